The lowest BCUT2D eigenvalue weighted by Gasteiger charge is -2.26. The van der Waals surface area contributed by atoms with Crippen LogP contribution in [0.3, 0.4) is 0 Å². The van der Waals surface area contributed by atoms with E-state index in [2.05, 4.69) is 4.72 Å². The van der Waals surface area contributed by atoms with Crippen molar-refractivity contribution in [1.29, 1.82) is 0 Å². The van der Waals surface area contributed by atoms with Crippen molar-refractivity contribution in [1.82, 2.24) is 4.72 Å². The summed E-state index contributed by atoms with van der Waals surface area (Å²) in [5.74, 6) is -0.531. The summed E-state index contributed by atoms with van der Waals surface area (Å²) in [6.45, 7) is 0.977. The van der Waals surface area contributed by atoms with Gasteiger partial charge in [-0.25, -0.2) is 17.5 Å². The number of hydrogen-bond donors (Lipinski definition) is 1. The standard InChI is InChI=1S/C17H17FN2O4S/c18-14-3-1-13(2-4-14)11-19-25(22,23)16-7-5-15(6-8-16)20-9-10-24-12-17(20)21/h1-8,19H,9-12H2. The number of carbonyl (C=O) groups is 1. The highest BCUT2D eigenvalue weighted by Gasteiger charge is 2.21. The first-order valence-corrected chi connectivity index (χ1v) is 9.16. The maximum atomic E-state index is 12.9. The van der Waals surface area contributed by atoms with E-state index in [-0.39, 0.29) is 29.8 Å². The van der Waals surface area contributed by atoms with Gasteiger partial charge in [-0.05, 0) is 42.0 Å². The average Bonchev–Trinajstić information content (AvgIpc) is 2.62. The maximum absolute atomic E-state index is 12.9. The van der Waals surface area contributed by atoms with E-state index >= 15 is 0 Å². The number of ether oxygens (including phenoxy) is 1. The Bertz CT molecular complexity index is 851. The number of halogens is 1. The first kappa shape index (κ1) is 17.5. The molecule has 0 aliphatic carbocycles. The molecule has 1 aliphatic heterocycles. The van der Waals surface area contributed by atoms with Crippen LogP contribution < -0.4 is 9.62 Å². The van der Waals surface area contributed by atoms with Gasteiger partial charge in [-0.15, -0.1) is 0 Å². The first-order chi connectivity index (χ1) is 12.0. The molecule has 0 atom stereocenters. The Morgan fingerprint density at radius 2 is 1.76 bits per heavy atom. The summed E-state index contributed by atoms with van der Waals surface area (Å²) in [7, 11) is -3.70. The minimum atomic E-state index is -3.70. The monoisotopic (exact) mass is 364 g/mol. The van der Waals surface area contributed by atoms with Crippen LogP contribution >= 0.6 is 0 Å². The molecule has 25 heavy (non-hydrogen) atoms. The largest absolute Gasteiger partial charge is 0.370 e. The van der Waals surface area contributed by atoms with Crippen molar-refractivity contribution in [2.24, 2.45) is 0 Å². The van der Waals surface area contributed by atoms with E-state index in [9.17, 15) is 17.6 Å². The van der Waals surface area contributed by atoms with Crippen molar-refractivity contribution in [3.63, 3.8) is 0 Å². The highest BCUT2D eigenvalue weighted by atomic mass is 32.2. The molecule has 8 heteroatoms. The molecule has 2 aromatic carbocycles. The first-order valence-electron chi connectivity index (χ1n) is 7.68. The maximum Gasteiger partial charge on any atom is 0.253 e. The Hall–Kier alpha value is -2.29. The van der Waals surface area contributed by atoms with Gasteiger partial charge in [0.2, 0.25) is 10.0 Å². The molecule has 0 saturated carbocycles. The van der Waals surface area contributed by atoms with Crippen LogP contribution in [0.15, 0.2) is 53.4 Å². The predicted octanol–water partition coefficient (Wildman–Crippen LogP) is 1.67. The SMILES string of the molecule is O=C1COCCN1c1ccc(S(=O)(=O)NCc2ccc(F)cc2)cc1. The zero-order valence-corrected chi connectivity index (χ0v) is 14.1. The van der Waals surface area contributed by atoms with E-state index in [4.69, 9.17) is 4.74 Å². The van der Waals surface area contributed by atoms with Crippen LogP contribution in [0.1, 0.15) is 5.56 Å². The number of nitrogens with one attached hydrogen (secondary N) is 1. The van der Waals surface area contributed by atoms with Crippen molar-refractivity contribution in [2.75, 3.05) is 24.7 Å². The van der Waals surface area contributed by atoms with E-state index in [1.807, 2.05) is 0 Å². The van der Waals surface area contributed by atoms with Crippen LogP contribution in [0.5, 0.6) is 0 Å². The second-order valence-corrected chi connectivity index (χ2v) is 7.31. The molecule has 1 amide bonds. The van der Waals surface area contributed by atoms with Crippen LogP contribution in [-0.2, 0) is 26.1 Å². The molecular formula is C17H17FN2O4S. The Labute approximate surface area is 145 Å². The molecule has 1 saturated heterocycles. The highest BCUT2D eigenvalue weighted by molar-refractivity contribution is 7.89. The van der Waals surface area contributed by atoms with Gasteiger partial charge in [0.15, 0.2) is 0 Å². The summed E-state index contributed by atoms with van der Waals surface area (Å²) in [4.78, 5) is 13.5. The van der Waals surface area contributed by atoms with Gasteiger partial charge < -0.3 is 9.64 Å². The minimum absolute atomic E-state index is 0.0271. The molecule has 132 valence electrons. The van der Waals surface area contributed by atoms with Crippen molar-refractivity contribution in [2.45, 2.75) is 11.4 Å². The predicted molar refractivity (Wildman–Crippen MR) is 90.0 cm³/mol. The molecular weight excluding hydrogens is 347 g/mol. The van der Waals surface area contributed by atoms with Gasteiger partial charge in [-0.2, -0.15) is 0 Å². The van der Waals surface area contributed by atoms with Crippen LogP contribution in [0.2, 0.25) is 0 Å². The number of morpholine rings is 1. The topological polar surface area (TPSA) is 75.7 Å². The number of nitrogens with zero attached hydrogens (tertiary/aromatic N) is 1. The molecule has 1 heterocycles. The summed E-state index contributed by atoms with van der Waals surface area (Å²) in [6.07, 6.45) is 0. The molecule has 1 N–H and O–H groups in total. The number of carbonyl (C=O) groups excluding carboxylic acids is 1. The smallest absolute Gasteiger partial charge is 0.253 e. The normalized spacial score (nSPS) is 15.4. The second kappa shape index (κ2) is 7.30. The molecule has 0 bridgehead atoms. The summed E-state index contributed by atoms with van der Waals surface area (Å²) in [5, 5.41) is 0. The summed E-state index contributed by atoms with van der Waals surface area (Å²) < 4.78 is 45.1. The summed E-state index contributed by atoms with van der Waals surface area (Å²) in [5.41, 5.74) is 1.28. The van der Waals surface area contributed by atoms with Crippen molar-refractivity contribution < 1.29 is 22.3 Å². The van der Waals surface area contributed by atoms with E-state index < -0.39 is 10.0 Å². The quantitative estimate of drug-likeness (QED) is 0.876. The van der Waals surface area contributed by atoms with E-state index in [0.717, 1.165) is 0 Å². The fourth-order valence-electron chi connectivity index (χ4n) is 2.46. The lowest BCUT2D eigenvalue weighted by molar-refractivity contribution is -0.125. The zero-order valence-electron chi connectivity index (χ0n) is 13.3. The van der Waals surface area contributed by atoms with Gasteiger partial charge >= 0.3 is 0 Å². The Kier molecular flexibility index (Phi) is 5.12. The fourth-order valence-corrected chi connectivity index (χ4v) is 3.48. The lowest BCUT2D eigenvalue weighted by Crippen LogP contribution is -2.41. The average molecular weight is 364 g/mol. The third-order valence-electron chi connectivity index (χ3n) is 3.82. The molecule has 3 rings (SSSR count). The number of benzene rings is 2. The number of amides is 1. The van der Waals surface area contributed by atoms with Gasteiger partial charge in [-0.3, -0.25) is 4.79 Å². The molecule has 1 fully saturated rings. The summed E-state index contributed by atoms with van der Waals surface area (Å²) in [6, 6.07) is 11.7. The minimum Gasteiger partial charge on any atom is -0.370 e. The van der Waals surface area contributed by atoms with Crippen LogP contribution in [0.25, 0.3) is 0 Å². The Morgan fingerprint density at radius 3 is 2.40 bits per heavy atom. The van der Waals surface area contributed by atoms with Crippen molar-refractivity contribution in [3.8, 4) is 0 Å². The molecule has 0 radical (unpaired) electrons. The number of anilines is 1. The van der Waals surface area contributed by atoms with E-state index in [1.54, 1.807) is 17.0 Å². The van der Waals surface area contributed by atoms with Gasteiger partial charge in [0.05, 0.1) is 11.5 Å². The van der Waals surface area contributed by atoms with Gasteiger partial charge in [0, 0.05) is 18.8 Å². The molecule has 0 unspecified atom stereocenters. The number of sulfonamides is 1. The van der Waals surface area contributed by atoms with Crippen molar-refractivity contribution >= 4 is 21.6 Å². The second-order valence-electron chi connectivity index (χ2n) is 5.54. The van der Waals surface area contributed by atoms with Crippen LogP contribution in [-0.4, -0.2) is 34.1 Å². The van der Waals surface area contributed by atoms with Gasteiger partial charge in [0.1, 0.15) is 12.4 Å². The molecule has 2 aromatic rings. The van der Waals surface area contributed by atoms with Gasteiger partial charge in [-0.1, -0.05) is 12.1 Å². The molecule has 6 nitrogen and oxygen atoms in total. The third-order valence-corrected chi connectivity index (χ3v) is 5.24. The molecule has 1 aliphatic rings. The van der Waals surface area contributed by atoms with Crippen LogP contribution in [0, 0.1) is 5.82 Å². The fraction of sp³-hybridized carbons (Fsp3) is 0.235. The summed E-state index contributed by atoms with van der Waals surface area (Å²) >= 11 is 0. The third kappa shape index (κ3) is 4.22. The number of rotatable bonds is 5. The van der Waals surface area contributed by atoms with Gasteiger partial charge in [0.25, 0.3) is 5.91 Å². The van der Waals surface area contributed by atoms with Crippen LogP contribution in [0.4, 0.5) is 10.1 Å². The Morgan fingerprint density at radius 1 is 1.08 bits per heavy atom. The lowest BCUT2D eigenvalue weighted by atomic mass is 10.2. The van der Waals surface area contributed by atoms with E-state index in [1.165, 1.54) is 36.4 Å². The number of hydrogen-bond acceptors (Lipinski definition) is 4. The Balaban J connectivity index is 1.69. The highest BCUT2D eigenvalue weighted by Crippen LogP contribution is 2.19. The molecule has 0 aromatic heterocycles. The zero-order chi connectivity index (χ0) is 17.9. The molecule has 0 spiro atoms. The van der Waals surface area contributed by atoms with E-state index in [0.29, 0.717) is 24.4 Å². The van der Waals surface area contributed by atoms with Crippen molar-refractivity contribution in [3.05, 3.63) is 59.9 Å².